The van der Waals surface area contributed by atoms with E-state index < -0.39 is 5.91 Å². The molecule has 0 atom stereocenters. The van der Waals surface area contributed by atoms with Crippen LogP contribution in [-0.2, 0) is 4.79 Å². The van der Waals surface area contributed by atoms with Crippen molar-refractivity contribution in [2.45, 2.75) is 13.8 Å². The minimum Gasteiger partial charge on any atom is -0.368 e. The maximum atomic E-state index is 11.9. The summed E-state index contributed by atoms with van der Waals surface area (Å²) in [5.74, 6) is -0.563. The number of rotatable bonds is 5. The molecule has 2 amide bonds. The van der Waals surface area contributed by atoms with E-state index >= 15 is 0 Å². The molecule has 1 aromatic heterocycles. The smallest absolute Gasteiger partial charge is 0.291 e. The average Bonchev–Trinajstić information content (AvgIpc) is 2.66. The Morgan fingerprint density at radius 1 is 1.56 bits per heavy atom. The van der Waals surface area contributed by atoms with E-state index in [2.05, 4.69) is 15.2 Å². The first-order valence-corrected chi connectivity index (χ1v) is 4.93. The fraction of sp³-hybridized carbons (Fsp3) is 0.556. The van der Waals surface area contributed by atoms with Crippen LogP contribution in [0.25, 0.3) is 0 Å². The van der Waals surface area contributed by atoms with E-state index in [-0.39, 0.29) is 24.2 Å². The fourth-order valence-corrected chi connectivity index (χ4v) is 1.31. The van der Waals surface area contributed by atoms with Crippen molar-refractivity contribution in [1.29, 1.82) is 0 Å². The molecule has 1 aromatic rings. The number of aromatic amines is 1. The molecule has 1 heterocycles. The minimum atomic E-state index is -0.548. The first-order valence-electron chi connectivity index (χ1n) is 4.93. The molecule has 0 aliphatic heterocycles. The standard InChI is InChI=1S/C9H15N5O2/c1-6(2)3-14(4-7(10)15)9(16)8-11-5-12-13-8/h5-6H,3-4H2,1-2H3,(H2,10,15)(H,11,12,13). The van der Waals surface area contributed by atoms with Gasteiger partial charge in [-0.2, -0.15) is 5.10 Å². The van der Waals surface area contributed by atoms with E-state index in [0.29, 0.717) is 6.54 Å². The predicted molar refractivity (Wildman–Crippen MR) is 56.3 cm³/mol. The maximum absolute atomic E-state index is 11.9. The van der Waals surface area contributed by atoms with Crippen LogP contribution in [0.5, 0.6) is 0 Å². The summed E-state index contributed by atoms with van der Waals surface area (Å²) in [5, 5.41) is 6.04. The molecule has 7 heteroatoms. The quantitative estimate of drug-likeness (QED) is 0.697. The lowest BCUT2D eigenvalue weighted by Crippen LogP contribution is -2.41. The lowest BCUT2D eigenvalue weighted by molar-refractivity contribution is -0.118. The molecule has 0 saturated carbocycles. The lowest BCUT2D eigenvalue weighted by Gasteiger charge is -2.21. The number of nitrogens with one attached hydrogen (secondary N) is 1. The molecule has 16 heavy (non-hydrogen) atoms. The van der Waals surface area contributed by atoms with E-state index in [1.165, 1.54) is 11.2 Å². The SMILES string of the molecule is CC(C)CN(CC(N)=O)C(=O)c1ncn[nH]1. The Labute approximate surface area is 93.0 Å². The van der Waals surface area contributed by atoms with E-state index in [9.17, 15) is 9.59 Å². The number of H-pyrrole nitrogens is 1. The van der Waals surface area contributed by atoms with Crippen LogP contribution in [0.4, 0.5) is 0 Å². The van der Waals surface area contributed by atoms with Crippen LogP contribution in [0.2, 0.25) is 0 Å². The van der Waals surface area contributed by atoms with Gasteiger partial charge in [-0.3, -0.25) is 14.7 Å². The third-order valence-corrected chi connectivity index (χ3v) is 1.84. The normalized spacial score (nSPS) is 10.4. The molecule has 88 valence electrons. The Balaban J connectivity index is 2.75. The number of primary amides is 1. The Morgan fingerprint density at radius 2 is 2.25 bits per heavy atom. The van der Waals surface area contributed by atoms with Crippen LogP contribution in [0.3, 0.4) is 0 Å². The van der Waals surface area contributed by atoms with Crippen molar-refractivity contribution < 1.29 is 9.59 Å². The van der Waals surface area contributed by atoms with E-state index in [1.54, 1.807) is 0 Å². The Bertz CT molecular complexity index is 360. The molecule has 0 unspecified atom stereocenters. The molecule has 0 bridgehead atoms. The van der Waals surface area contributed by atoms with Gasteiger partial charge in [0.25, 0.3) is 5.91 Å². The second kappa shape index (κ2) is 5.24. The average molecular weight is 225 g/mol. The lowest BCUT2D eigenvalue weighted by atomic mass is 10.2. The summed E-state index contributed by atoms with van der Waals surface area (Å²) in [7, 11) is 0. The molecule has 0 saturated heterocycles. The summed E-state index contributed by atoms with van der Waals surface area (Å²) in [6.07, 6.45) is 1.24. The van der Waals surface area contributed by atoms with Crippen LogP contribution in [0, 0.1) is 5.92 Å². The van der Waals surface area contributed by atoms with E-state index in [1.807, 2.05) is 13.8 Å². The third-order valence-electron chi connectivity index (χ3n) is 1.84. The number of nitrogens with two attached hydrogens (primary N) is 1. The molecule has 0 radical (unpaired) electrons. The zero-order valence-electron chi connectivity index (χ0n) is 9.30. The minimum absolute atomic E-state index is 0.113. The number of hydrogen-bond donors (Lipinski definition) is 2. The van der Waals surface area contributed by atoms with Crippen molar-refractivity contribution in [2.24, 2.45) is 11.7 Å². The van der Waals surface area contributed by atoms with Gasteiger partial charge >= 0.3 is 0 Å². The summed E-state index contributed by atoms with van der Waals surface area (Å²) >= 11 is 0. The van der Waals surface area contributed by atoms with Gasteiger partial charge in [-0.15, -0.1) is 0 Å². The van der Waals surface area contributed by atoms with Gasteiger partial charge in [0.15, 0.2) is 0 Å². The monoisotopic (exact) mass is 225 g/mol. The highest BCUT2D eigenvalue weighted by molar-refractivity contribution is 5.93. The van der Waals surface area contributed by atoms with Gasteiger partial charge in [0, 0.05) is 6.54 Å². The number of carbonyl (C=O) groups is 2. The van der Waals surface area contributed by atoms with Gasteiger partial charge in [-0.1, -0.05) is 13.8 Å². The second-order valence-electron chi connectivity index (χ2n) is 3.88. The van der Waals surface area contributed by atoms with Crippen LogP contribution in [0.15, 0.2) is 6.33 Å². The van der Waals surface area contributed by atoms with Crippen molar-refractivity contribution >= 4 is 11.8 Å². The summed E-state index contributed by atoms with van der Waals surface area (Å²) < 4.78 is 0. The number of carbonyl (C=O) groups excluding carboxylic acids is 2. The van der Waals surface area contributed by atoms with Crippen LogP contribution < -0.4 is 5.73 Å². The van der Waals surface area contributed by atoms with Gasteiger partial charge in [0.05, 0.1) is 6.54 Å². The van der Waals surface area contributed by atoms with Crippen LogP contribution in [-0.4, -0.2) is 45.0 Å². The Morgan fingerprint density at radius 3 is 2.69 bits per heavy atom. The molecule has 0 aliphatic carbocycles. The zero-order valence-corrected chi connectivity index (χ0v) is 9.30. The molecular formula is C9H15N5O2. The van der Waals surface area contributed by atoms with Gasteiger partial charge in [0.2, 0.25) is 11.7 Å². The van der Waals surface area contributed by atoms with Crippen LogP contribution in [0.1, 0.15) is 24.5 Å². The van der Waals surface area contributed by atoms with Crippen molar-refractivity contribution in [2.75, 3.05) is 13.1 Å². The highest BCUT2D eigenvalue weighted by atomic mass is 16.2. The summed E-state index contributed by atoms with van der Waals surface area (Å²) in [6.45, 7) is 4.23. The van der Waals surface area contributed by atoms with Crippen molar-refractivity contribution in [1.82, 2.24) is 20.1 Å². The third kappa shape index (κ3) is 3.34. The molecule has 0 spiro atoms. The number of amides is 2. The first-order chi connectivity index (χ1) is 7.50. The van der Waals surface area contributed by atoms with Crippen molar-refractivity contribution in [3.8, 4) is 0 Å². The highest BCUT2D eigenvalue weighted by Crippen LogP contribution is 2.02. The summed E-state index contributed by atoms with van der Waals surface area (Å²) in [6, 6.07) is 0. The predicted octanol–water partition coefficient (Wildman–Crippen LogP) is -0.612. The summed E-state index contributed by atoms with van der Waals surface area (Å²) in [4.78, 5) is 27.8. The molecule has 1 rings (SSSR count). The topological polar surface area (TPSA) is 105 Å². The molecule has 7 nitrogen and oxygen atoms in total. The second-order valence-corrected chi connectivity index (χ2v) is 3.88. The van der Waals surface area contributed by atoms with Gasteiger partial charge < -0.3 is 10.6 Å². The molecule has 3 N–H and O–H groups in total. The Hall–Kier alpha value is -1.92. The number of nitrogens with zero attached hydrogens (tertiary/aromatic N) is 3. The molecule has 0 aliphatic rings. The molecule has 0 fully saturated rings. The Kier molecular flexibility index (Phi) is 3.98. The number of aromatic nitrogens is 3. The van der Waals surface area contributed by atoms with Crippen molar-refractivity contribution in [3.63, 3.8) is 0 Å². The molecular weight excluding hydrogens is 210 g/mol. The zero-order chi connectivity index (χ0) is 12.1. The fourth-order valence-electron chi connectivity index (χ4n) is 1.31. The van der Waals surface area contributed by atoms with Gasteiger partial charge in [0.1, 0.15) is 6.33 Å². The van der Waals surface area contributed by atoms with Crippen LogP contribution >= 0.6 is 0 Å². The van der Waals surface area contributed by atoms with Crippen molar-refractivity contribution in [3.05, 3.63) is 12.2 Å². The van der Waals surface area contributed by atoms with E-state index in [0.717, 1.165) is 0 Å². The van der Waals surface area contributed by atoms with Gasteiger partial charge in [-0.25, -0.2) is 4.98 Å². The van der Waals surface area contributed by atoms with E-state index in [4.69, 9.17) is 5.73 Å². The highest BCUT2D eigenvalue weighted by Gasteiger charge is 2.20. The van der Waals surface area contributed by atoms with Gasteiger partial charge in [-0.05, 0) is 5.92 Å². The largest absolute Gasteiger partial charge is 0.368 e. The number of hydrogen-bond acceptors (Lipinski definition) is 4. The maximum Gasteiger partial charge on any atom is 0.291 e. The first kappa shape index (κ1) is 12.2. The molecule has 0 aromatic carbocycles. The summed E-state index contributed by atoms with van der Waals surface area (Å²) in [5.41, 5.74) is 5.08.